The smallest absolute Gasteiger partial charge is 0.340 e. The van der Waals surface area contributed by atoms with Gasteiger partial charge < -0.3 is 10.7 Å². The predicted molar refractivity (Wildman–Crippen MR) is 69.3 cm³/mol. The number of aromatic nitrogens is 2. The second-order valence-corrected chi connectivity index (χ2v) is 4.10. The van der Waals surface area contributed by atoms with Crippen molar-refractivity contribution in [3.8, 4) is 0 Å². The molecule has 2 aromatic rings. The van der Waals surface area contributed by atoms with Gasteiger partial charge in [0.1, 0.15) is 11.6 Å². The van der Waals surface area contributed by atoms with Gasteiger partial charge in [-0.2, -0.15) is 13.2 Å². The Morgan fingerprint density at radius 2 is 1.80 bits per heavy atom. The fourth-order valence-corrected chi connectivity index (χ4v) is 1.58. The van der Waals surface area contributed by atoms with Crippen molar-refractivity contribution in [1.82, 2.24) is 9.97 Å². The number of nitrogen functional groups attached to an aromatic ring is 1. The molecule has 8 heteroatoms. The summed E-state index contributed by atoms with van der Waals surface area (Å²) in [5.74, 6) is 3.73. The number of aryl methyl sites for hydroxylation is 1. The normalized spacial score (nSPS) is 11.2. The van der Waals surface area contributed by atoms with Crippen molar-refractivity contribution >= 4 is 17.3 Å². The number of nitrogens with zero attached hydrogens (tertiary/aromatic N) is 2. The molecule has 0 aliphatic rings. The van der Waals surface area contributed by atoms with Crippen molar-refractivity contribution in [2.45, 2.75) is 13.1 Å². The zero-order valence-electron chi connectivity index (χ0n) is 10.5. The lowest BCUT2D eigenvalue weighted by atomic mass is 10.2. The maximum atomic E-state index is 12.7. The summed E-state index contributed by atoms with van der Waals surface area (Å²) in [5.41, 5.74) is 3.68. The van der Waals surface area contributed by atoms with E-state index in [0.29, 0.717) is 5.69 Å². The third-order valence-electron chi connectivity index (χ3n) is 2.42. The molecule has 0 saturated heterocycles. The van der Waals surface area contributed by atoms with E-state index in [1.807, 2.05) is 13.0 Å². The number of hydrogen-bond acceptors (Lipinski definition) is 5. The van der Waals surface area contributed by atoms with E-state index < -0.39 is 12.0 Å². The second kappa shape index (κ2) is 5.33. The lowest BCUT2D eigenvalue weighted by molar-refractivity contribution is -0.144. The highest BCUT2D eigenvalue weighted by atomic mass is 19.4. The lowest BCUT2D eigenvalue weighted by Crippen LogP contribution is -2.16. The van der Waals surface area contributed by atoms with Gasteiger partial charge in [0.05, 0.1) is 0 Å². The van der Waals surface area contributed by atoms with Crippen LogP contribution < -0.4 is 16.6 Å². The van der Waals surface area contributed by atoms with Gasteiger partial charge in [0.2, 0.25) is 5.82 Å². The first-order valence-corrected chi connectivity index (χ1v) is 5.65. The van der Waals surface area contributed by atoms with Gasteiger partial charge in [0, 0.05) is 11.8 Å². The minimum atomic E-state index is -4.64. The topological polar surface area (TPSA) is 75.9 Å². The summed E-state index contributed by atoms with van der Waals surface area (Å²) in [5, 5.41) is 2.79. The van der Waals surface area contributed by atoms with Gasteiger partial charge in [-0.15, -0.1) is 0 Å². The standard InChI is InChI=1S/C12H12F3N5/c1-7-3-2-4-8(5-7)17-9-6-10(20-16)19-11(18-9)12(13,14)15/h2-6H,16H2,1H3,(H2,17,18,19,20). The van der Waals surface area contributed by atoms with Crippen LogP contribution >= 0.6 is 0 Å². The second-order valence-electron chi connectivity index (χ2n) is 4.10. The zero-order valence-corrected chi connectivity index (χ0v) is 10.5. The zero-order chi connectivity index (χ0) is 14.8. The molecule has 0 saturated carbocycles. The molecular weight excluding hydrogens is 271 g/mol. The Morgan fingerprint density at radius 1 is 1.10 bits per heavy atom. The summed E-state index contributed by atoms with van der Waals surface area (Å²) in [6.07, 6.45) is -4.64. The van der Waals surface area contributed by atoms with Crippen LogP contribution in [0, 0.1) is 6.92 Å². The van der Waals surface area contributed by atoms with E-state index in [0.717, 1.165) is 5.56 Å². The fraction of sp³-hybridized carbons (Fsp3) is 0.167. The van der Waals surface area contributed by atoms with Gasteiger partial charge in [-0.1, -0.05) is 12.1 Å². The molecule has 0 atom stereocenters. The summed E-state index contributed by atoms with van der Waals surface area (Å²) in [6, 6.07) is 8.45. The first kappa shape index (κ1) is 14.1. The quantitative estimate of drug-likeness (QED) is 0.596. The maximum absolute atomic E-state index is 12.7. The molecule has 1 aromatic carbocycles. The maximum Gasteiger partial charge on any atom is 0.451 e. The van der Waals surface area contributed by atoms with Gasteiger partial charge >= 0.3 is 6.18 Å². The Hall–Kier alpha value is -2.35. The van der Waals surface area contributed by atoms with Crippen LogP contribution in [0.15, 0.2) is 30.3 Å². The predicted octanol–water partition coefficient (Wildman–Crippen LogP) is 2.83. The Balaban J connectivity index is 2.36. The number of halogens is 3. The van der Waals surface area contributed by atoms with Crippen molar-refractivity contribution in [2.75, 3.05) is 10.7 Å². The number of anilines is 3. The van der Waals surface area contributed by atoms with Gasteiger partial charge in [0.15, 0.2) is 0 Å². The molecular formula is C12H12F3N5. The van der Waals surface area contributed by atoms with E-state index in [1.54, 1.807) is 18.2 Å². The molecule has 4 N–H and O–H groups in total. The van der Waals surface area contributed by atoms with Crippen molar-refractivity contribution in [2.24, 2.45) is 5.84 Å². The highest BCUT2D eigenvalue weighted by molar-refractivity contribution is 5.59. The van der Waals surface area contributed by atoms with Gasteiger partial charge in [-0.25, -0.2) is 15.8 Å². The molecule has 2 rings (SSSR count). The summed E-state index contributed by atoms with van der Waals surface area (Å²) in [7, 11) is 0. The molecule has 0 amide bonds. The Labute approximate surface area is 113 Å². The number of alkyl halides is 3. The van der Waals surface area contributed by atoms with Gasteiger partial charge in [-0.05, 0) is 24.6 Å². The first-order valence-electron chi connectivity index (χ1n) is 5.65. The molecule has 0 fully saturated rings. The van der Waals surface area contributed by atoms with Crippen LogP contribution in [-0.4, -0.2) is 9.97 Å². The molecule has 0 spiro atoms. The fourth-order valence-electron chi connectivity index (χ4n) is 1.58. The molecule has 5 nitrogen and oxygen atoms in total. The SMILES string of the molecule is Cc1cccc(Nc2cc(NN)nc(C(F)(F)F)n2)c1. The van der Waals surface area contributed by atoms with E-state index in [4.69, 9.17) is 5.84 Å². The van der Waals surface area contributed by atoms with E-state index >= 15 is 0 Å². The molecule has 0 bridgehead atoms. The molecule has 106 valence electrons. The van der Waals surface area contributed by atoms with E-state index in [2.05, 4.69) is 20.7 Å². The highest BCUT2D eigenvalue weighted by Gasteiger charge is 2.35. The number of nitrogens with one attached hydrogen (secondary N) is 2. The molecule has 1 heterocycles. The van der Waals surface area contributed by atoms with Crippen molar-refractivity contribution < 1.29 is 13.2 Å². The van der Waals surface area contributed by atoms with Crippen LogP contribution in [-0.2, 0) is 6.18 Å². The summed E-state index contributed by atoms with van der Waals surface area (Å²) in [6.45, 7) is 1.87. The van der Waals surface area contributed by atoms with Gasteiger partial charge in [-0.3, -0.25) is 0 Å². The summed E-state index contributed by atoms with van der Waals surface area (Å²) in [4.78, 5) is 6.70. The van der Waals surface area contributed by atoms with Crippen LogP contribution in [0.3, 0.4) is 0 Å². The van der Waals surface area contributed by atoms with E-state index in [-0.39, 0.29) is 11.6 Å². The van der Waals surface area contributed by atoms with E-state index in [1.165, 1.54) is 6.07 Å². The molecule has 20 heavy (non-hydrogen) atoms. The highest BCUT2D eigenvalue weighted by Crippen LogP contribution is 2.29. The number of benzene rings is 1. The first-order chi connectivity index (χ1) is 9.38. The van der Waals surface area contributed by atoms with Crippen molar-refractivity contribution in [1.29, 1.82) is 0 Å². The summed E-state index contributed by atoms with van der Waals surface area (Å²) < 4.78 is 38.0. The molecule has 0 unspecified atom stereocenters. The van der Waals surface area contributed by atoms with Crippen LogP contribution in [0.1, 0.15) is 11.4 Å². The minimum absolute atomic E-state index is 0.00544. The Morgan fingerprint density at radius 3 is 2.40 bits per heavy atom. The third-order valence-corrected chi connectivity index (χ3v) is 2.42. The average Bonchev–Trinajstić information content (AvgIpc) is 2.37. The Bertz CT molecular complexity index is 612. The summed E-state index contributed by atoms with van der Waals surface area (Å²) >= 11 is 0. The molecule has 0 aliphatic heterocycles. The number of nitrogens with two attached hydrogens (primary N) is 1. The van der Waals surface area contributed by atoms with Crippen LogP contribution in [0.5, 0.6) is 0 Å². The molecule has 0 aliphatic carbocycles. The molecule has 0 radical (unpaired) electrons. The number of hydrogen-bond donors (Lipinski definition) is 3. The largest absolute Gasteiger partial charge is 0.451 e. The van der Waals surface area contributed by atoms with Gasteiger partial charge in [0.25, 0.3) is 0 Å². The van der Waals surface area contributed by atoms with Crippen LogP contribution in [0.2, 0.25) is 0 Å². The van der Waals surface area contributed by atoms with Crippen molar-refractivity contribution in [3.63, 3.8) is 0 Å². The molecule has 1 aromatic heterocycles. The average molecular weight is 283 g/mol. The number of hydrazine groups is 1. The Kier molecular flexibility index (Phi) is 3.75. The third kappa shape index (κ3) is 3.35. The monoisotopic (exact) mass is 283 g/mol. The minimum Gasteiger partial charge on any atom is -0.340 e. The van der Waals surface area contributed by atoms with Crippen molar-refractivity contribution in [3.05, 3.63) is 41.7 Å². The number of rotatable bonds is 3. The van der Waals surface area contributed by atoms with Crippen LogP contribution in [0.25, 0.3) is 0 Å². The van der Waals surface area contributed by atoms with Crippen LogP contribution in [0.4, 0.5) is 30.5 Å². The van der Waals surface area contributed by atoms with E-state index in [9.17, 15) is 13.2 Å². The lowest BCUT2D eigenvalue weighted by Gasteiger charge is -2.11.